The van der Waals surface area contributed by atoms with Crippen LogP contribution in [-0.4, -0.2) is 16.8 Å². The SMILES string of the molecule is Cc1ccc(SCCCc2ccccc2)cc1C(=O)O. The van der Waals surface area contributed by atoms with Gasteiger partial charge in [-0.25, -0.2) is 4.79 Å². The van der Waals surface area contributed by atoms with Gasteiger partial charge < -0.3 is 5.11 Å². The van der Waals surface area contributed by atoms with Crippen molar-refractivity contribution in [3.05, 3.63) is 65.2 Å². The summed E-state index contributed by atoms with van der Waals surface area (Å²) in [7, 11) is 0. The molecule has 1 N–H and O–H groups in total. The molecule has 0 saturated carbocycles. The molecule has 2 rings (SSSR count). The van der Waals surface area contributed by atoms with Crippen LogP contribution in [0.25, 0.3) is 0 Å². The molecule has 3 heteroatoms. The molecule has 104 valence electrons. The number of aromatic carboxylic acids is 1. The molecule has 0 fully saturated rings. The van der Waals surface area contributed by atoms with Crippen LogP contribution >= 0.6 is 11.8 Å². The summed E-state index contributed by atoms with van der Waals surface area (Å²) in [6.07, 6.45) is 2.15. The zero-order valence-electron chi connectivity index (χ0n) is 11.5. The van der Waals surface area contributed by atoms with Gasteiger partial charge in [0.25, 0.3) is 0 Å². The molecule has 0 amide bonds. The lowest BCUT2D eigenvalue weighted by Crippen LogP contribution is -1.99. The van der Waals surface area contributed by atoms with E-state index in [0.29, 0.717) is 5.56 Å². The van der Waals surface area contributed by atoms with E-state index in [-0.39, 0.29) is 0 Å². The van der Waals surface area contributed by atoms with E-state index >= 15 is 0 Å². The van der Waals surface area contributed by atoms with Gasteiger partial charge >= 0.3 is 5.97 Å². The number of benzene rings is 2. The van der Waals surface area contributed by atoms with Crippen molar-refractivity contribution < 1.29 is 9.90 Å². The lowest BCUT2D eigenvalue weighted by Gasteiger charge is -2.05. The van der Waals surface area contributed by atoms with Crippen LogP contribution in [0.5, 0.6) is 0 Å². The molecule has 0 heterocycles. The van der Waals surface area contributed by atoms with Gasteiger partial charge in [0.05, 0.1) is 5.56 Å². The normalized spacial score (nSPS) is 10.4. The maximum absolute atomic E-state index is 11.1. The lowest BCUT2D eigenvalue weighted by atomic mass is 10.1. The summed E-state index contributed by atoms with van der Waals surface area (Å²) in [5, 5.41) is 9.10. The van der Waals surface area contributed by atoms with Gasteiger partial charge in [-0.3, -0.25) is 0 Å². The van der Waals surface area contributed by atoms with Crippen molar-refractivity contribution in [3.63, 3.8) is 0 Å². The zero-order chi connectivity index (χ0) is 14.4. The third kappa shape index (κ3) is 4.14. The van der Waals surface area contributed by atoms with Crippen molar-refractivity contribution in [2.45, 2.75) is 24.7 Å². The van der Waals surface area contributed by atoms with Crippen molar-refractivity contribution in [1.29, 1.82) is 0 Å². The summed E-state index contributed by atoms with van der Waals surface area (Å²) < 4.78 is 0. The highest BCUT2D eigenvalue weighted by Gasteiger charge is 2.07. The standard InChI is InChI=1S/C17H18O2S/c1-13-9-10-15(12-16(13)17(18)19)20-11-5-8-14-6-3-2-4-7-14/h2-4,6-7,9-10,12H,5,8,11H2,1H3,(H,18,19). The average Bonchev–Trinajstić information content (AvgIpc) is 2.46. The molecule has 20 heavy (non-hydrogen) atoms. The van der Waals surface area contributed by atoms with Crippen molar-refractivity contribution in [1.82, 2.24) is 0 Å². The van der Waals surface area contributed by atoms with E-state index in [1.165, 1.54) is 5.56 Å². The summed E-state index contributed by atoms with van der Waals surface area (Å²) in [5.41, 5.74) is 2.56. The number of carbonyl (C=O) groups is 1. The molecule has 0 aliphatic heterocycles. The number of carboxylic acids is 1. The molecule has 0 bridgehead atoms. The van der Waals surface area contributed by atoms with Gasteiger partial charge in [0.1, 0.15) is 0 Å². The predicted molar refractivity (Wildman–Crippen MR) is 83.6 cm³/mol. The average molecular weight is 286 g/mol. The van der Waals surface area contributed by atoms with Crippen LogP contribution in [0.2, 0.25) is 0 Å². The molecule has 0 unspecified atom stereocenters. The Kier molecular flexibility index (Phi) is 5.24. The molecule has 0 radical (unpaired) electrons. The monoisotopic (exact) mass is 286 g/mol. The number of hydrogen-bond donors (Lipinski definition) is 1. The van der Waals surface area contributed by atoms with Crippen LogP contribution in [0.15, 0.2) is 53.4 Å². The fourth-order valence-corrected chi connectivity index (χ4v) is 2.92. The quantitative estimate of drug-likeness (QED) is 0.631. The topological polar surface area (TPSA) is 37.3 Å². The summed E-state index contributed by atoms with van der Waals surface area (Å²) >= 11 is 1.72. The Morgan fingerprint density at radius 2 is 1.90 bits per heavy atom. The van der Waals surface area contributed by atoms with E-state index in [2.05, 4.69) is 24.3 Å². The Bertz CT molecular complexity index is 579. The fourth-order valence-electron chi connectivity index (χ4n) is 2.03. The van der Waals surface area contributed by atoms with E-state index < -0.39 is 5.97 Å². The molecule has 2 aromatic carbocycles. The molecule has 0 saturated heterocycles. The van der Waals surface area contributed by atoms with Crippen molar-refractivity contribution in [3.8, 4) is 0 Å². The van der Waals surface area contributed by atoms with Gasteiger partial charge in [-0.05, 0) is 48.8 Å². The van der Waals surface area contributed by atoms with E-state index in [1.54, 1.807) is 17.8 Å². The van der Waals surface area contributed by atoms with Crippen molar-refractivity contribution >= 4 is 17.7 Å². The molecule has 0 spiro atoms. The van der Waals surface area contributed by atoms with E-state index in [9.17, 15) is 4.79 Å². The van der Waals surface area contributed by atoms with Gasteiger partial charge in [0.2, 0.25) is 0 Å². The third-order valence-corrected chi connectivity index (χ3v) is 4.24. The Morgan fingerprint density at radius 3 is 2.60 bits per heavy atom. The zero-order valence-corrected chi connectivity index (χ0v) is 12.3. The van der Waals surface area contributed by atoms with Crippen LogP contribution < -0.4 is 0 Å². The second-order valence-corrected chi connectivity index (χ2v) is 5.89. The van der Waals surface area contributed by atoms with E-state index in [1.807, 2.05) is 25.1 Å². The molecule has 2 nitrogen and oxygen atoms in total. The molecular formula is C17H18O2S. The summed E-state index contributed by atoms with van der Waals surface area (Å²) in [5.74, 6) is 0.144. The van der Waals surface area contributed by atoms with Gasteiger partial charge in [0, 0.05) is 4.90 Å². The van der Waals surface area contributed by atoms with Crippen molar-refractivity contribution in [2.24, 2.45) is 0 Å². The van der Waals surface area contributed by atoms with Crippen LogP contribution in [0.4, 0.5) is 0 Å². The number of carboxylic acid groups (broad SMARTS) is 1. The first-order valence-corrected chi connectivity index (χ1v) is 7.66. The highest BCUT2D eigenvalue weighted by atomic mass is 32.2. The number of rotatable bonds is 6. The fraction of sp³-hybridized carbons (Fsp3) is 0.235. The van der Waals surface area contributed by atoms with E-state index in [0.717, 1.165) is 29.1 Å². The highest BCUT2D eigenvalue weighted by Crippen LogP contribution is 2.22. The molecule has 0 aromatic heterocycles. The number of aryl methyl sites for hydroxylation is 2. The largest absolute Gasteiger partial charge is 0.478 e. The minimum Gasteiger partial charge on any atom is -0.478 e. The van der Waals surface area contributed by atoms with E-state index in [4.69, 9.17) is 5.11 Å². The highest BCUT2D eigenvalue weighted by molar-refractivity contribution is 7.99. The van der Waals surface area contributed by atoms with Crippen molar-refractivity contribution in [2.75, 3.05) is 5.75 Å². The van der Waals surface area contributed by atoms with Gasteiger partial charge in [-0.1, -0.05) is 36.4 Å². The second-order valence-electron chi connectivity index (χ2n) is 4.72. The van der Waals surface area contributed by atoms with Gasteiger partial charge in [-0.2, -0.15) is 0 Å². The Balaban J connectivity index is 1.85. The Hall–Kier alpha value is -1.74. The van der Waals surface area contributed by atoms with Crippen LogP contribution in [0.3, 0.4) is 0 Å². The predicted octanol–water partition coefficient (Wildman–Crippen LogP) is 4.42. The summed E-state index contributed by atoms with van der Waals surface area (Å²) in [6, 6.07) is 16.1. The first kappa shape index (κ1) is 14.7. The van der Waals surface area contributed by atoms with Gasteiger partial charge in [-0.15, -0.1) is 11.8 Å². The maximum Gasteiger partial charge on any atom is 0.335 e. The van der Waals surface area contributed by atoms with Crippen LogP contribution in [-0.2, 0) is 6.42 Å². The molecule has 2 aromatic rings. The summed E-state index contributed by atoms with van der Waals surface area (Å²) in [4.78, 5) is 12.1. The molecular weight excluding hydrogens is 268 g/mol. The molecule has 0 atom stereocenters. The molecule has 0 aliphatic carbocycles. The first-order valence-electron chi connectivity index (χ1n) is 6.67. The number of hydrogen-bond acceptors (Lipinski definition) is 2. The minimum absolute atomic E-state index is 0.401. The Morgan fingerprint density at radius 1 is 1.15 bits per heavy atom. The van der Waals surface area contributed by atoms with Gasteiger partial charge in [0.15, 0.2) is 0 Å². The van der Waals surface area contributed by atoms with Crippen LogP contribution in [0.1, 0.15) is 27.9 Å². The molecule has 0 aliphatic rings. The second kappa shape index (κ2) is 7.15. The lowest BCUT2D eigenvalue weighted by molar-refractivity contribution is 0.0696. The third-order valence-electron chi connectivity index (χ3n) is 3.16. The first-order chi connectivity index (χ1) is 9.66. The maximum atomic E-state index is 11.1. The minimum atomic E-state index is -0.853. The van der Waals surface area contributed by atoms with Crippen LogP contribution in [0, 0.1) is 6.92 Å². The summed E-state index contributed by atoms with van der Waals surface area (Å²) in [6.45, 7) is 1.83. The smallest absolute Gasteiger partial charge is 0.335 e. The Labute approximate surface area is 123 Å². The number of thioether (sulfide) groups is 1.